The fourth-order valence-corrected chi connectivity index (χ4v) is 4.16. The average Bonchev–Trinajstić information content (AvgIpc) is 2.79. The summed E-state index contributed by atoms with van der Waals surface area (Å²) in [5, 5.41) is 1.86. The first-order valence-electron chi connectivity index (χ1n) is 9.98. The van der Waals surface area contributed by atoms with E-state index in [2.05, 4.69) is 36.8 Å². The largest absolute Gasteiger partial charge is 0.378 e. The Bertz CT molecular complexity index is 1000. The molecule has 2 aromatic heterocycles. The first-order valence-corrected chi connectivity index (χ1v) is 10.4. The summed E-state index contributed by atoms with van der Waals surface area (Å²) >= 11 is 6.13. The van der Waals surface area contributed by atoms with E-state index in [0.717, 1.165) is 75.2 Å². The summed E-state index contributed by atoms with van der Waals surface area (Å²) in [4.78, 5) is 20.7. The lowest BCUT2D eigenvalue weighted by Gasteiger charge is -2.37. The molecule has 0 atom stereocenters. The van der Waals surface area contributed by atoms with Gasteiger partial charge in [-0.3, -0.25) is 4.98 Å². The first-order chi connectivity index (χ1) is 14.3. The smallest absolute Gasteiger partial charge is 0.227 e. The van der Waals surface area contributed by atoms with Crippen LogP contribution in [-0.4, -0.2) is 67.4 Å². The Hall–Kier alpha value is -2.64. The molecule has 4 heterocycles. The minimum absolute atomic E-state index is 0.715. The van der Waals surface area contributed by atoms with E-state index >= 15 is 0 Å². The molecule has 0 aliphatic carbocycles. The SMILES string of the molecule is Clc1ccc2c(N3CCN(c4ccnc(N5CCOCC5)n4)CC3)ccnc2c1. The molecule has 0 N–H and O–H groups in total. The number of hydrogen-bond donors (Lipinski definition) is 0. The summed E-state index contributed by atoms with van der Waals surface area (Å²) in [5.41, 5.74) is 2.14. The number of morpholine rings is 1. The highest BCUT2D eigenvalue weighted by molar-refractivity contribution is 6.31. The van der Waals surface area contributed by atoms with E-state index in [4.69, 9.17) is 21.3 Å². The van der Waals surface area contributed by atoms with Crippen LogP contribution in [0, 0.1) is 0 Å². The summed E-state index contributed by atoms with van der Waals surface area (Å²) in [5.74, 6) is 1.79. The third kappa shape index (κ3) is 3.80. The summed E-state index contributed by atoms with van der Waals surface area (Å²) in [7, 11) is 0. The van der Waals surface area contributed by atoms with Gasteiger partial charge in [0.25, 0.3) is 0 Å². The van der Waals surface area contributed by atoms with Crippen LogP contribution in [0.15, 0.2) is 42.7 Å². The van der Waals surface area contributed by atoms with Crippen LogP contribution in [0.4, 0.5) is 17.5 Å². The molecule has 5 rings (SSSR count). The zero-order valence-corrected chi connectivity index (χ0v) is 16.9. The van der Waals surface area contributed by atoms with Crippen LogP contribution >= 0.6 is 11.6 Å². The number of rotatable bonds is 3. The molecule has 0 unspecified atom stereocenters. The summed E-state index contributed by atoms with van der Waals surface area (Å²) < 4.78 is 5.43. The molecule has 2 aliphatic rings. The third-order valence-corrected chi connectivity index (χ3v) is 5.78. The quantitative estimate of drug-likeness (QED) is 0.658. The maximum absolute atomic E-state index is 6.13. The van der Waals surface area contributed by atoms with Gasteiger partial charge in [-0.15, -0.1) is 0 Å². The molecule has 1 aromatic carbocycles. The lowest BCUT2D eigenvalue weighted by atomic mass is 10.1. The monoisotopic (exact) mass is 410 g/mol. The Morgan fingerprint density at radius 2 is 1.55 bits per heavy atom. The number of halogens is 1. The Morgan fingerprint density at radius 3 is 2.38 bits per heavy atom. The van der Waals surface area contributed by atoms with Crippen molar-refractivity contribution < 1.29 is 4.74 Å². The highest BCUT2D eigenvalue weighted by Gasteiger charge is 2.21. The zero-order valence-electron chi connectivity index (χ0n) is 16.2. The molecular weight excluding hydrogens is 388 g/mol. The van der Waals surface area contributed by atoms with E-state index in [1.807, 2.05) is 30.6 Å². The Kier molecular flexibility index (Phi) is 5.08. The van der Waals surface area contributed by atoms with Gasteiger partial charge >= 0.3 is 0 Å². The van der Waals surface area contributed by atoms with Gasteiger partial charge in [0.2, 0.25) is 5.95 Å². The van der Waals surface area contributed by atoms with E-state index in [1.165, 1.54) is 5.69 Å². The third-order valence-electron chi connectivity index (χ3n) is 5.55. The summed E-state index contributed by atoms with van der Waals surface area (Å²) in [6.07, 6.45) is 3.72. The van der Waals surface area contributed by atoms with Crippen molar-refractivity contribution in [2.45, 2.75) is 0 Å². The molecule has 150 valence electrons. The number of ether oxygens (including phenoxy) is 1. The average molecular weight is 411 g/mol. The van der Waals surface area contributed by atoms with Gasteiger partial charge in [0, 0.05) is 67.8 Å². The number of hydrogen-bond acceptors (Lipinski definition) is 7. The molecule has 7 nitrogen and oxygen atoms in total. The number of benzene rings is 1. The van der Waals surface area contributed by atoms with Crippen LogP contribution in [0.2, 0.25) is 5.02 Å². The molecule has 0 bridgehead atoms. The Labute approximate surface area is 174 Å². The fourth-order valence-electron chi connectivity index (χ4n) is 3.99. The molecule has 2 saturated heterocycles. The van der Waals surface area contributed by atoms with Crippen molar-refractivity contribution >= 4 is 40.0 Å². The van der Waals surface area contributed by atoms with Crippen molar-refractivity contribution in [2.24, 2.45) is 0 Å². The van der Waals surface area contributed by atoms with E-state index in [1.54, 1.807) is 0 Å². The van der Waals surface area contributed by atoms with Crippen LogP contribution in [0.5, 0.6) is 0 Å². The molecule has 29 heavy (non-hydrogen) atoms. The molecule has 8 heteroatoms. The van der Waals surface area contributed by atoms with Gasteiger partial charge in [0.15, 0.2) is 0 Å². The van der Waals surface area contributed by atoms with Crippen LogP contribution in [0.3, 0.4) is 0 Å². The maximum Gasteiger partial charge on any atom is 0.227 e. The van der Waals surface area contributed by atoms with Crippen LogP contribution in [0.25, 0.3) is 10.9 Å². The van der Waals surface area contributed by atoms with Crippen molar-refractivity contribution in [3.05, 3.63) is 47.7 Å². The molecular formula is C21H23ClN6O. The highest BCUT2D eigenvalue weighted by Crippen LogP contribution is 2.29. The number of pyridine rings is 1. The standard InChI is InChI=1S/C21H23ClN6O/c22-16-1-2-17-18(15-16)23-5-3-19(17)26-7-9-27(10-8-26)20-4-6-24-21(25-20)28-11-13-29-14-12-28/h1-6,15H,7-14H2. The van der Waals surface area contributed by atoms with Crippen molar-refractivity contribution in [2.75, 3.05) is 67.2 Å². The second-order valence-corrected chi connectivity index (χ2v) is 7.72. The minimum Gasteiger partial charge on any atom is -0.378 e. The van der Waals surface area contributed by atoms with Crippen molar-refractivity contribution in [3.63, 3.8) is 0 Å². The van der Waals surface area contributed by atoms with Crippen LogP contribution in [0.1, 0.15) is 0 Å². The predicted octanol–water partition coefficient (Wildman–Crippen LogP) is 2.84. The maximum atomic E-state index is 6.13. The summed E-state index contributed by atoms with van der Waals surface area (Å²) in [6, 6.07) is 10.0. The number of anilines is 3. The van der Waals surface area contributed by atoms with E-state index < -0.39 is 0 Å². The van der Waals surface area contributed by atoms with Crippen molar-refractivity contribution in [3.8, 4) is 0 Å². The van der Waals surface area contributed by atoms with Crippen molar-refractivity contribution in [1.29, 1.82) is 0 Å². The van der Waals surface area contributed by atoms with Gasteiger partial charge in [0.05, 0.1) is 18.7 Å². The number of piperazine rings is 1. The molecule has 0 radical (unpaired) electrons. The summed E-state index contributed by atoms with van der Waals surface area (Å²) in [6.45, 7) is 6.84. The molecule has 2 aliphatic heterocycles. The molecule has 3 aromatic rings. The molecule has 0 saturated carbocycles. The predicted molar refractivity (Wildman–Crippen MR) is 116 cm³/mol. The van der Waals surface area contributed by atoms with E-state index in [0.29, 0.717) is 5.02 Å². The second-order valence-electron chi connectivity index (χ2n) is 7.28. The zero-order chi connectivity index (χ0) is 19.6. The van der Waals surface area contributed by atoms with Gasteiger partial charge in [-0.2, -0.15) is 4.98 Å². The topological polar surface area (TPSA) is 57.6 Å². The van der Waals surface area contributed by atoms with Crippen LogP contribution in [-0.2, 0) is 4.74 Å². The molecule has 2 fully saturated rings. The van der Waals surface area contributed by atoms with E-state index in [9.17, 15) is 0 Å². The normalized spacial score (nSPS) is 17.8. The Morgan fingerprint density at radius 1 is 0.793 bits per heavy atom. The second kappa shape index (κ2) is 8.00. The number of fused-ring (bicyclic) bond motifs is 1. The number of aromatic nitrogens is 3. The van der Waals surface area contributed by atoms with Gasteiger partial charge in [0.1, 0.15) is 5.82 Å². The van der Waals surface area contributed by atoms with Gasteiger partial charge in [-0.1, -0.05) is 11.6 Å². The minimum atomic E-state index is 0.715. The van der Waals surface area contributed by atoms with Gasteiger partial charge in [-0.25, -0.2) is 4.98 Å². The van der Waals surface area contributed by atoms with Gasteiger partial charge in [-0.05, 0) is 30.3 Å². The van der Waals surface area contributed by atoms with Crippen LogP contribution < -0.4 is 14.7 Å². The molecule has 0 amide bonds. The lowest BCUT2D eigenvalue weighted by Crippen LogP contribution is -2.47. The lowest BCUT2D eigenvalue weighted by molar-refractivity contribution is 0.122. The molecule has 0 spiro atoms. The van der Waals surface area contributed by atoms with Gasteiger partial charge < -0.3 is 19.4 Å². The van der Waals surface area contributed by atoms with Crippen molar-refractivity contribution in [1.82, 2.24) is 15.0 Å². The number of nitrogens with zero attached hydrogens (tertiary/aromatic N) is 6. The Balaban J connectivity index is 1.31. The first kappa shape index (κ1) is 18.4. The fraction of sp³-hybridized carbons (Fsp3) is 0.381. The van der Waals surface area contributed by atoms with E-state index in [-0.39, 0.29) is 0 Å². The highest BCUT2D eigenvalue weighted by atomic mass is 35.5.